The molecule has 0 radical (unpaired) electrons. The van der Waals surface area contributed by atoms with Crippen LogP contribution < -0.4 is 5.32 Å². The summed E-state index contributed by atoms with van der Waals surface area (Å²) in [5, 5.41) is 3.27. The van der Waals surface area contributed by atoms with E-state index in [0.717, 1.165) is 5.56 Å². The molecule has 5 nitrogen and oxygen atoms in total. The lowest BCUT2D eigenvalue weighted by Crippen LogP contribution is -2.46. The Hall–Kier alpha value is -1.96. The Morgan fingerprint density at radius 3 is 2.44 bits per heavy atom. The van der Waals surface area contributed by atoms with Gasteiger partial charge in [0, 0.05) is 11.6 Å². The Morgan fingerprint density at radius 2 is 1.81 bits per heavy atom. The normalized spacial score (nSPS) is 19.0. The van der Waals surface area contributed by atoms with Gasteiger partial charge in [0.1, 0.15) is 11.9 Å². The van der Waals surface area contributed by atoms with Gasteiger partial charge in [-0.3, -0.25) is 4.79 Å². The van der Waals surface area contributed by atoms with Crippen LogP contribution in [-0.2, 0) is 14.8 Å². The molecular formula is C19H20ClFN2O3S. The minimum absolute atomic E-state index is 0.109. The molecule has 144 valence electrons. The molecule has 0 unspecified atom stereocenters. The van der Waals surface area contributed by atoms with Crippen molar-refractivity contribution in [2.75, 3.05) is 6.54 Å². The molecule has 1 heterocycles. The van der Waals surface area contributed by atoms with Crippen LogP contribution in [0.3, 0.4) is 0 Å². The molecule has 1 aliphatic rings. The van der Waals surface area contributed by atoms with Crippen molar-refractivity contribution in [2.24, 2.45) is 0 Å². The van der Waals surface area contributed by atoms with Gasteiger partial charge in [0.05, 0.1) is 10.9 Å². The Kier molecular flexibility index (Phi) is 5.83. The molecule has 1 N–H and O–H groups in total. The van der Waals surface area contributed by atoms with E-state index < -0.39 is 16.1 Å². The van der Waals surface area contributed by atoms with E-state index in [-0.39, 0.29) is 29.2 Å². The summed E-state index contributed by atoms with van der Waals surface area (Å²) in [4.78, 5) is 12.8. The van der Waals surface area contributed by atoms with Crippen LogP contribution in [0.2, 0.25) is 5.02 Å². The zero-order valence-electron chi connectivity index (χ0n) is 14.7. The molecule has 1 fully saturated rings. The Morgan fingerprint density at radius 1 is 1.19 bits per heavy atom. The molecule has 0 aromatic heterocycles. The molecule has 3 rings (SSSR count). The van der Waals surface area contributed by atoms with Crippen molar-refractivity contribution < 1.29 is 17.6 Å². The van der Waals surface area contributed by atoms with Gasteiger partial charge in [-0.1, -0.05) is 23.7 Å². The molecule has 0 saturated carbocycles. The SMILES string of the molecule is C[C@@H](NC(=O)[C@@H]1CCCN1S(=O)(=O)c1ccc(Cl)cc1)c1ccc(F)cc1. The van der Waals surface area contributed by atoms with E-state index in [0.29, 0.717) is 17.9 Å². The predicted octanol–water partition coefficient (Wildman–Crippen LogP) is 3.51. The first kappa shape index (κ1) is 19.8. The number of hydrogen-bond donors (Lipinski definition) is 1. The van der Waals surface area contributed by atoms with Gasteiger partial charge < -0.3 is 5.32 Å². The van der Waals surface area contributed by atoms with Crippen molar-refractivity contribution in [2.45, 2.75) is 36.7 Å². The van der Waals surface area contributed by atoms with Crippen LogP contribution in [0.25, 0.3) is 0 Å². The summed E-state index contributed by atoms with van der Waals surface area (Å²) >= 11 is 5.83. The van der Waals surface area contributed by atoms with Crippen LogP contribution in [0.4, 0.5) is 4.39 Å². The fourth-order valence-electron chi connectivity index (χ4n) is 3.18. The summed E-state index contributed by atoms with van der Waals surface area (Å²) in [6, 6.07) is 10.6. The lowest BCUT2D eigenvalue weighted by Gasteiger charge is -2.25. The molecule has 1 amide bonds. The van der Waals surface area contributed by atoms with Crippen LogP contribution in [0, 0.1) is 5.82 Å². The summed E-state index contributed by atoms with van der Waals surface area (Å²) in [7, 11) is -3.79. The molecule has 8 heteroatoms. The van der Waals surface area contributed by atoms with Gasteiger partial charge >= 0.3 is 0 Å². The van der Waals surface area contributed by atoms with Gasteiger partial charge in [-0.05, 0) is 61.7 Å². The fourth-order valence-corrected chi connectivity index (χ4v) is 4.96. The van der Waals surface area contributed by atoms with Gasteiger partial charge in [-0.25, -0.2) is 12.8 Å². The quantitative estimate of drug-likeness (QED) is 0.820. The minimum Gasteiger partial charge on any atom is -0.348 e. The van der Waals surface area contributed by atoms with Gasteiger partial charge in [0.2, 0.25) is 15.9 Å². The van der Waals surface area contributed by atoms with Crippen LogP contribution in [0.1, 0.15) is 31.4 Å². The van der Waals surface area contributed by atoms with Gasteiger partial charge in [0.25, 0.3) is 0 Å². The number of halogens is 2. The maximum absolute atomic E-state index is 13.1. The van der Waals surface area contributed by atoms with E-state index in [1.807, 2.05) is 0 Å². The number of carbonyl (C=O) groups is 1. The molecule has 1 aliphatic heterocycles. The number of sulfonamides is 1. The standard InChI is InChI=1S/C19H20ClFN2O3S/c1-13(14-4-8-16(21)9-5-14)22-19(24)18-3-2-12-23(18)27(25,26)17-10-6-15(20)7-11-17/h4-11,13,18H,2-3,12H2,1H3,(H,22,24)/t13-,18+/m1/s1. The number of carbonyl (C=O) groups excluding carboxylic acids is 1. The molecule has 0 aliphatic carbocycles. The summed E-state index contributed by atoms with van der Waals surface area (Å²) < 4.78 is 40.1. The number of nitrogens with one attached hydrogen (secondary N) is 1. The molecule has 1 saturated heterocycles. The monoisotopic (exact) mass is 410 g/mol. The van der Waals surface area contributed by atoms with E-state index in [1.54, 1.807) is 19.1 Å². The number of hydrogen-bond acceptors (Lipinski definition) is 3. The highest BCUT2D eigenvalue weighted by molar-refractivity contribution is 7.89. The van der Waals surface area contributed by atoms with Gasteiger partial charge in [-0.15, -0.1) is 0 Å². The molecule has 2 atom stereocenters. The van der Waals surface area contributed by atoms with Crippen LogP contribution >= 0.6 is 11.6 Å². The van der Waals surface area contributed by atoms with Gasteiger partial charge in [0.15, 0.2) is 0 Å². The van der Waals surface area contributed by atoms with Crippen molar-refractivity contribution in [3.63, 3.8) is 0 Å². The predicted molar refractivity (Wildman–Crippen MR) is 101 cm³/mol. The first-order valence-corrected chi connectivity index (χ1v) is 10.4. The Labute approximate surface area is 163 Å². The average Bonchev–Trinajstić information content (AvgIpc) is 3.13. The Bertz CT molecular complexity index is 917. The van der Waals surface area contributed by atoms with E-state index >= 15 is 0 Å². The zero-order valence-corrected chi connectivity index (χ0v) is 16.3. The van der Waals surface area contributed by atoms with Crippen LogP contribution in [-0.4, -0.2) is 31.2 Å². The number of rotatable bonds is 5. The van der Waals surface area contributed by atoms with E-state index in [1.165, 1.54) is 40.7 Å². The molecule has 0 spiro atoms. The summed E-state index contributed by atoms with van der Waals surface area (Å²) in [5.41, 5.74) is 0.745. The maximum Gasteiger partial charge on any atom is 0.243 e. The summed E-state index contributed by atoms with van der Waals surface area (Å²) in [6.07, 6.45) is 1.06. The highest BCUT2D eigenvalue weighted by Crippen LogP contribution is 2.27. The van der Waals surface area contributed by atoms with E-state index in [2.05, 4.69) is 5.32 Å². The minimum atomic E-state index is -3.79. The topological polar surface area (TPSA) is 66.5 Å². The van der Waals surface area contributed by atoms with Gasteiger partial charge in [-0.2, -0.15) is 4.31 Å². The number of nitrogens with zero attached hydrogens (tertiary/aromatic N) is 1. The van der Waals surface area contributed by atoms with Crippen molar-refractivity contribution in [1.29, 1.82) is 0 Å². The lowest BCUT2D eigenvalue weighted by molar-refractivity contribution is -0.124. The Balaban J connectivity index is 1.76. The van der Waals surface area contributed by atoms with Crippen LogP contribution in [0.15, 0.2) is 53.4 Å². The zero-order chi connectivity index (χ0) is 19.6. The maximum atomic E-state index is 13.1. The molecular weight excluding hydrogens is 391 g/mol. The first-order chi connectivity index (χ1) is 12.8. The third-order valence-electron chi connectivity index (χ3n) is 4.66. The molecule has 2 aromatic rings. The molecule has 27 heavy (non-hydrogen) atoms. The third-order valence-corrected chi connectivity index (χ3v) is 6.83. The van der Waals surface area contributed by atoms with Crippen molar-refractivity contribution in [1.82, 2.24) is 9.62 Å². The summed E-state index contributed by atoms with van der Waals surface area (Å²) in [5.74, 6) is -0.713. The second-order valence-corrected chi connectivity index (χ2v) is 8.84. The van der Waals surface area contributed by atoms with E-state index in [9.17, 15) is 17.6 Å². The first-order valence-electron chi connectivity index (χ1n) is 8.62. The third kappa shape index (κ3) is 4.31. The van der Waals surface area contributed by atoms with Crippen molar-refractivity contribution in [3.05, 3.63) is 64.9 Å². The largest absolute Gasteiger partial charge is 0.348 e. The van der Waals surface area contributed by atoms with Crippen LogP contribution in [0.5, 0.6) is 0 Å². The van der Waals surface area contributed by atoms with Crippen molar-refractivity contribution in [3.8, 4) is 0 Å². The lowest BCUT2D eigenvalue weighted by atomic mass is 10.1. The fraction of sp³-hybridized carbons (Fsp3) is 0.316. The van der Waals surface area contributed by atoms with E-state index in [4.69, 9.17) is 11.6 Å². The molecule has 0 bridgehead atoms. The number of amides is 1. The highest BCUT2D eigenvalue weighted by Gasteiger charge is 2.39. The second kappa shape index (κ2) is 7.96. The average molecular weight is 411 g/mol. The smallest absolute Gasteiger partial charge is 0.243 e. The second-order valence-electron chi connectivity index (χ2n) is 6.51. The molecule has 2 aromatic carbocycles. The highest BCUT2D eigenvalue weighted by atomic mass is 35.5. The number of benzene rings is 2. The summed E-state index contributed by atoms with van der Waals surface area (Å²) in [6.45, 7) is 2.06. The van der Waals surface area contributed by atoms with Crippen molar-refractivity contribution >= 4 is 27.5 Å².